The number of carbonyl (C=O) groups excluding carboxylic acids is 2. The summed E-state index contributed by atoms with van der Waals surface area (Å²) in [6, 6.07) is 19.0. The quantitative estimate of drug-likeness (QED) is 0.737. The standard InChI is InChI=1S/C23H29NO4/c1-16(24-22(26)28-23(3,4)5)21(25)27-17(2)20(18-12-8-6-9-13-18)19-14-10-7-11-15-19/h6-17,20H,1-5H3,(H,24,26). The van der Waals surface area contributed by atoms with Crippen molar-refractivity contribution in [1.29, 1.82) is 0 Å². The minimum atomic E-state index is -0.815. The Labute approximate surface area is 167 Å². The third-order valence-corrected chi connectivity index (χ3v) is 4.18. The van der Waals surface area contributed by atoms with Crippen molar-refractivity contribution in [2.45, 2.75) is 58.3 Å². The van der Waals surface area contributed by atoms with Crippen LogP contribution in [0.4, 0.5) is 4.79 Å². The van der Waals surface area contributed by atoms with Crippen LogP contribution in [0, 0.1) is 0 Å². The van der Waals surface area contributed by atoms with Gasteiger partial charge in [0.2, 0.25) is 0 Å². The smallest absolute Gasteiger partial charge is 0.408 e. The van der Waals surface area contributed by atoms with Crippen LogP contribution < -0.4 is 5.32 Å². The summed E-state index contributed by atoms with van der Waals surface area (Å²) >= 11 is 0. The fourth-order valence-electron chi connectivity index (χ4n) is 2.95. The third kappa shape index (κ3) is 6.41. The number of esters is 1. The minimum Gasteiger partial charge on any atom is -0.460 e. The summed E-state index contributed by atoms with van der Waals surface area (Å²) in [4.78, 5) is 24.4. The summed E-state index contributed by atoms with van der Waals surface area (Å²) in [6.07, 6.45) is -1.06. The second kappa shape index (κ2) is 9.40. The molecule has 0 bridgehead atoms. The lowest BCUT2D eigenvalue weighted by atomic mass is 9.87. The average molecular weight is 383 g/mol. The summed E-state index contributed by atoms with van der Waals surface area (Å²) in [7, 11) is 0. The van der Waals surface area contributed by atoms with Crippen molar-refractivity contribution in [3.63, 3.8) is 0 Å². The molecule has 0 fully saturated rings. The Bertz CT molecular complexity index is 729. The second-order valence-corrected chi connectivity index (χ2v) is 7.81. The summed E-state index contributed by atoms with van der Waals surface area (Å²) in [5.41, 5.74) is 1.48. The Kier molecular flexibility index (Phi) is 7.21. The van der Waals surface area contributed by atoms with E-state index in [1.807, 2.05) is 67.6 Å². The second-order valence-electron chi connectivity index (χ2n) is 7.81. The Hall–Kier alpha value is -2.82. The number of ether oxygens (including phenoxy) is 2. The topological polar surface area (TPSA) is 64.6 Å². The molecule has 2 rings (SSSR count). The van der Waals surface area contributed by atoms with Gasteiger partial charge in [-0.2, -0.15) is 0 Å². The van der Waals surface area contributed by atoms with E-state index in [1.165, 1.54) is 0 Å². The van der Waals surface area contributed by atoms with Crippen molar-refractivity contribution in [2.75, 3.05) is 0 Å². The number of carbonyl (C=O) groups is 2. The first kappa shape index (κ1) is 21.5. The normalized spacial score (nSPS) is 13.5. The van der Waals surface area contributed by atoms with Crippen molar-refractivity contribution < 1.29 is 19.1 Å². The molecular formula is C23H29NO4. The Morgan fingerprint density at radius 2 is 1.32 bits per heavy atom. The average Bonchev–Trinajstić information content (AvgIpc) is 2.62. The molecule has 0 aliphatic carbocycles. The van der Waals surface area contributed by atoms with E-state index in [0.717, 1.165) is 11.1 Å². The van der Waals surface area contributed by atoms with Crippen LogP contribution in [0.5, 0.6) is 0 Å². The van der Waals surface area contributed by atoms with Crippen LogP contribution in [-0.4, -0.2) is 29.8 Å². The van der Waals surface area contributed by atoms with E-state index in [2.05, 4.69) is 5.32 Å². The molecule has 0 aromatic heterocycles. The van der Waals surface area contributed by atoms with Crippen LogP contribution in [0.25, 0.3) is 0 Å². The zero-order valence-corrected chi connectivity index (χ0v) is 17.1. The zero-order chi connectivity index (χ0) is 20.7. The van der Waals surface area contributed by atoms with E-state index in [9.17, 15) is 9.59 Å². The molecule has 1 N–H and O–H groups in total. The lowest BCUT2D eigenvalue weighted by molar-refractivity contribution is -0.150. The number of rotatable bonds is 6. The van der Waals surface area contributed by atoms with E-state index in [-0.39, 0.29) is 5.92 Å². The van der Waals surface area contributed by atoms with E-state index < -0.39 is 29.8 Å². The number of nitrogens with one attached hydrogen (secondary N) is 1. The van der Waals surface area contributed by atoms with Gasteiger partial charge in [0, 0.05) is 5.92 Å². The highest BCUT2D eigenvalue weighted by Crippen LogP contribution is 2.29. The first-order valence-electron chi connectivity index (χ1n) is 9.47. The van der Waals surface area contributed by atoms with Gasteiger partial charge in [-0.3, -0.25) is 0 Å². The van der Waals surface area contributed by atoms with Gasteiger partial charge in [0.15, 0.2) is 0 Å². The van der Waals surface area contributed by atoms with Crippen LogP contribution in [0.1, 0.15) is 51.7 Å². The molecule has 2 aromatic carbocycles. The van der Waals surface area contributed by atoms with E-state index in [1.54, 1.807) is 27.7 Å². The third-order valence-electron chi connectivity index (χ3n) is 4.18. The molecule has 0 saturated heterocycles. The van der Waals surface area contributed by atoms with Crippen molar-refractivity contribution in [2.24, 2.45) is 0 Å². The van der Waals surface area contributed by atoms with Gasteiger partial charge in [-0.05, 0) is 45.7 Å². The fourth-order valence-corrected chi connectivity index (χ4v) is 2.95. The summed E-state index contributed by atoms with van der Waals surface area (Å²) in [5.74, 6) is -0.615. The van der Waals surface area contributed by atoms with Crippen LogP contribution in [0.2, 0.25) is 0 Å². The number of hydrogen-bond acceptors (Lipinski definition) is 4. The van der Waals surface area contributed by atoms with Gasteiger partial charge >= 0.3 is 12.1 Å². The van der Waals surface area contributed by atoms with Gasteiger partial charge < -0.3 is 14.8 Å². The molecule has 2 atom stereocenters. The number of amides is 1. The van der Waals surface area contributed by atoms with Gasteiger partial charge in [0.1, 0.15) is 17.7 Å². The molecule has 0 aliphatic rings. The SMILES string of the molecule is CC(NC(=O)OC(C)(C)C)C(=O)OC(C)C(c1ccccc1)c1ccccc1. The predicted octanol–water partition coefficient (Wildman–Crippen LogP) is 4.66. The summed E-state index contributed by atoms with van der Waals surface area (Å²) in [5, 5.41) is 2.52. The van der Waals surface area contributed by atoms with Gasteiger partial charge in [-0.25, -0.2) is 9.59 Å². The van der Waals surface area contributed by atoms with Gasteiger partial charge in [0.25, 0.3) is 0 Å². The molecule has 0 saturated carbocycles. The van der Waals surface area contributed by atoms with Crippen LogP contribution in [-0.2, 0) is 14.3 Å². The molecule has 0 radical (unpaired) electrons. The Morgan fingerprint density at radius 3 is 1.75 bits per heavy atom. The highest BCUT2D eigenvalue weighted by atomic mass is 16.6. The molecule has 28 heavy (non-hydrogen) atoms. The highest BCUT2D eigenvalue weighted by molar-refractivity contribution is 5.81. The molecular weight excluding hydrogens is 354 g/mol. The van der Waals surface area contributed by atoms with Crippen LogP contribution in [0.15, 0.2) is 60.7 Å². The molecule has 0 heterocycles. The highest BCUT2D eigenvalue weighted by Gasteiger charge is 2.28. The van der Waals surface area contributed by atoms with E-state index in [0.29, 0.717) is 0 Å². The molecule has 2 aromatic rings. The maximum atomic E-state index is 12.5. The summed E-state index contributed by atoms with van der Waals surface area (Å²) in [6.45, 7) is 8.74. The van der Waals surface area contributed by atoms with Crippen LogP contribution in [0.3, 0.4) is 0 Å². The number of hydrogen-bond donors (Lipinski definition) is 1. The molecule has 150 valence electrons. The molecule has 0 spiro atoms. The lowest BCUT2D eigenvalue weighted by Gasteiger charge is -2.27. The molecule has 1 amide bonds. The maximum absolute atomic E-state index is 12.5. The molecule has 5 heteroatoms. The van der Waals surface area contributed by atoms with Gasteiger partial charge in [0.05, 0.1) is 0 Å². The lowest BCUT2D eigenvalue weighted by Crippen LogP contribution is -2.43. The molecule has 0 aliphatic heterocycles. The zero-order valence-electron chi connectivity index (χ0n) is 17.1. The molecule has 2 unspecified atom stereocenters. The van der Waals surface area contributed by atoms with Crippen molar-refractivity contribution in [3.05, 3.63) is 71.8 Å². The fraction of sp³-hybridized carbons (Fsp3) is 0.391. The van der Waals surface area contributed by atoms with Crippen molar-refractivity contribution in [1.82, 2.24) is 5.32 Å². The Morgan fingerprint density at radius 1 is 0.857 bits per heavy atom. The number of alkyl carbamates (subject to hydrolysis) is 1. The first-order chi connectivity index (χ1) is 13.2. The first-order valence-corrected chi connectivity index (χ1v) is 9.47. The van der Waals surface area contributed by atoms with Crippen molar-refractivity contribution >= 4 is 12.1 Å². The minimum absolute atomic E-state index is 0.111. The summed E-state index contributed by atoms with van der Waals surface area (Å²) < 4.78 is 10.9. The predicted molar refractivity (Wildman–Crippen MR) is 109 cm³/mol. The molecule has 5 nitrogen and oxygen atoms in total. The van der Waals surface area contributed by atoms with Gasteiger partial charge in [-0.15, -0.1) is 0 Å². The van der Waals surface area contributed by atoms with Gasteiger partial charge in [-0.1, -0.05) is 60.7 Å². The van der Waals surface area contributed by atoms with E-state index >= 15 is 0 Å². The van der Waals surface area contributed by atoms with Crippen LogP contribution >= 0.6 is 0 Å². The number of benzene rings is 2. The van der Waals surface area contributed by atoms with E-state index in [4.69, 9.17) is 9.47 Å². The van der Waals surface area contributed by atoms with Crippen molar-refractivity contribution in [3.8, 4) is 0 Å². The maximum Gasteiger partial charge on any atom is 0.408 e. The Balaban J connectivity index is 2.09. The largest absolute Gasteiger partial charge is 0.460 e. The monoisotopic (exact) mass is 383 g/mol.